The number of aromatic nitrogens is 6. The normalized spacial score (nSPS) is 14.3. The molecule has 0 amide bonds. The second-order valence-electron chi connectivity index (χ2n) is 7.86. The Morgan fingerprint density at radius 3 is 2.65 bits per heavy atom. The van der Waals surface area contributed by atoms with E-state index in [4.69, 9.17) is 11.5 Å². The lowest BCUT2D eigenvalue weighted by molar-refractivity contribution is 0.153. The molecule has 11 nitrogen and oxygen atoms in total. The number of halogens is 2. The fraction of sp³-hybridized carbons (Fsp3) is 0.238. The molecule has 0 bridgehead atoms. The summed E-state index contributed by atoms with van der Waals surface area (Å²) in [5.41, 5.74) is 10.6. The molecule has 0 aliphatic heterocycles. The maximum Gasteiger partial charge on any atom is 0.267 e. The first-order valence-corrected chi connectivity index (χ1v) is 10.3. The average Bonchev–Trinajstić information content (AvgIpc) is 3.50. The van der Waals surface area contributed by atoms with Crippen molar-refractivity contribution in [1.29, 1.82) is 5.26 Å². The van der Waals surface area contributed by atoms with Crippen molar-refractivity contribution in [2.75, 3.05) is 16.8 Å². The van der Waals surface area contributed by atoms with E-state index in [0.29, 0.717) is 0 Å². The molecule has 172 valence electrons. The molecule has 1 unspecified atom stereocenters. The van der Waals surface area contributed by atoms with Crippen molar-refractivity contribution in [3.63, 3.8) is 0 Å². The van der Waals surface area contributed by atoms with E-state index < -0.39 is 23.6 Å². The van der Waals surface area contributed by atoms with Crippen LogP contribution in [0.25, 0.3) is 16.7 Å². The molecule has 3 aromatic heterocycles. The summed E-state index contributed by atoms with van der Waals surface area (Å²) >= 11 is 0. The van der Waals surface area contributed by atoms with Gasteiger partial charge in [-0.1, -0.05) is 12.1 Å². The highest BCUT2D eigenvalue weighted by Gasteiger charge is 2.37. The summed E-state index contributed by atoms with van der Waals surface area (Å²) in [7, 11) is 0. The van der Waals surface area contributed by atoms with Crippen LogP contribution >= 0.6 is 0 Å². The first-order chi connectivity index (χ1) is 16.4. The molecule has 0 saturated heterocycles. The summed E-state index contributed by atoms with van der Waals surface area (Å²) in [4.78, 5) is 26.1. The van der Waals surface area contributed by atoms with Crippen LogP contribution in [0, 0.1) is 17.2 Å². The van der Waals surface area contributed by atoms with Gasteiger partial charge in [0.2, 0.25) is 5.95 Å². The number of hydrogen-bond donors (Lipinski definition) is 4. The van der Waals surface area contributed by atoms with Gasteiger partial charge in [0.15, 0.2) is 5.82 Å². The van der Waals surface area contributed by atoms with Crippen LogP contribution in [0.5, 0.6) is 0 Å². The molecule has 1 aliphatic carbocycles. The molecule has 6 N–H and O–H groups in total. The number of nitrogen functional groups attached to an aromatic ring is 2. The fourth-order valence-electron chi connectivity index (χ4n) is 3.95. The molecule has 1 atom stereocenters. The van der Waals surface area contributed by atoms with Crippen molar-refractivity contribution >= 4 is 28.5 Å². The number of H-pyrrole nitrogens is 1. The van der Waals surface area contributed by atoms with Crippen molar-refractivity contribution in [2.45, 2.75) is 25.3 Å². The SMILES string of the molecule is N#Cc1c(N)nc(N)nc1NC(c1nc2cccc(C(F)F)c2c(=O)n1-c1ccn[nH]1)C1CC1. The topological polar surface area (TPSA) is 177 Å². The molecule has 0 radical (unpaired) electrons. The van der Waals surface area contributed by atoms with Gasteiger partial charge in [-0.15, -0.1) is 0 Å². The third-order valence-corrected chi connectivity index (χ3v) is 5.65. The molecule has 13 heteroatoms. The lowest BCUT2D eigenvalue weighted by atomic mass is 10.1. The molecule has 1 aromatic carbocycles. The number of anilines is 3. The Bertz CT molecular complexity index is 1490. The molecule has 1 aliphatic rings. The molecule has 1 fully saturated rings. The fourth-order valence-corrected chi connectivity index (χ4v) is 3.95. The van der Waals surface area contributed by atoms with Crippen molar-refractivity contribution < 1.29 is 8.78 Å². The lowest BCUT2D eigenvalue weighted by Crippen LogP contribution is -2.30. The van der Waals surface area contributed by atoms with Crippen molar-refractivity contribution in [3.8, 4) is 11.9 Å². The van der Waals surface area contributed by atoms with Crippen LogP contribution in [-0.2, 0) is 0 Å². The molecular weight excluding hydrogens is 446 g/mol. The number of rotatable bonds is 6. The van der Waals surface area contributed by atoms with Crippen molar-refractivity contribution in [1.82, 2.24) is 29.7 Å². The van der Waals surface area contributed by atoms with Crippen molar-refractivity contribution in [3.05, 3.63) is 57.8 Å². The van der Waals surface area contributed by atoms with Crippen LogP contribution in [0.1, 0.15) is 42.3 Å². The predicted octanol–water partition coefficient (Wildman–Crippen LogP) is 2.44. The largest absolute Gasteiger partial charge is 0.382 e. The second-order valence-corrected chi connectivity index (χ2v) is 7.86. The van der Waals surface area contributed by atoms with Gasteiger partial charge >= 0.3 is 0 Å². The Morgan fingerprint density at radius 2 is 2.00 bits per heavy atom. The van der Waals surface area contributed by atoms with Gasteiger partial charge in [-0.3, -0.25) is 9.89 Å². The number of nitriles is 1. The Hall–Kier alpha value is -4.60. The highest BCUT2D eigenvalue weighted by Crippen LogP contribution is 2.43. The van der Waals surface area contributed by atoms with Gasteiger partial charge in [0, 0.05) is 11.6 Å². The summed E-state index contributed by atoms with van der Waals surface area (Å²) < 4.78 is 28.7. The number of nitrogens with zero attached hydrogens (tertiary/aromatic N) is 6. The lowest BCUT2D eigenvalue weighted by Gasteiger charge is -2.23. The minimum Gasteiger partial charge on any atom is -0.382 e. The molecule has 5 rings (SSSR count). The van der Waals surface area contributed by atoms with E-state index in [9.17, 15) is 18.8 Å². The molecule has 34 heavy (non-hydrogen) atoms. The number of hydrogen-bond acceptors (Lipinski definition) is 9. The third-order valence-electron chi connectivity index (χ3n) is 5.65. The van der Waals surface area contributed by atoms with E-state index in [1.54, 1.807) is 0 Å². The van der Waals surface area contributed by atoms with Gasteiger partial charge in [0.25, 0.3) is 12.0 Å². The van der Waals surface area contributed by atoms with Gasteiger partial charge in [0.05, 0.1) is 23.1 Å². The summed E-state index contributed by atoms with van der Waals surface area (Å²) in [6.07, 6.45) is 0.197. The smallest absolute Gasteiger partial charge is 0.267 e. The number of nitrogens with one attached hydrogen (secondary N) is 2. The van der Waals surface area contributed by atoms with Crippen molar-refractivity contribution in [2.24, 2.45) is 5.92 Å². The first-order valence-electron chi connectivity index (χ1n) is 10.3. The molecule has 0 spiro atoms. The number of alkyl halides is 2. The van der Waals surface area contributed by atoms with Crippen LogP contribution < -0.4 is 22.3 Å². The Morgan fingerprint density at radius 1 is 1.21 bits per heavy atom. The Kier molecular flexibility index (Phi) is 5.05. The zero-order valence-corrected chi connectivity index (χ0v) is 17.5. The van der Waals surface area contributed by atoms with Crippen LogP contribution in [0.15, 0.2) is 35.3 Å². The van der Waals surface area contributed by atoms with E-state index in [1.807, 2.05) is 6.07 Å². The first kappa shape index (κ1) is 21.3. The van der Waals surface area contributed by atoms with Crippen LogP contribution in [-0.4, -0.2) is 29.7 Å². The highest BCUT2D eigenvalue weighted by molar-refractivity contribution is 5.82. The van der Waals surface area contributed by atoms with Crippen LogP contribution in [0.4, 0.5) is 26.4 Å². The zero-order chi connectivity index (χ0) is 24.0. The van der Waals surface area contributed by atoms with E-state index >= 15 is 0 Å². The van der Waals surface area contributed by atoms with Crippen LogP contribution in [0.3, 0.4) is 0 Å². The van der Waals surface area contributed by atoms with E-state index in [0.717, 1.165) is 12.8 Å². The Balaban J connectivity index is 1.76. The quantitative estimate of drug-likeness (QED) is 0.333. The Labute approximate surface area is 190 Å². The summed E-state index contributed by atoms with van der Waals surface area (Å²) in [5.74, 6) is 0.402. The van der Waals surface area contributed by atoms with E-state index in [1.165, 1.54) is 35.0 Å². The number of nitrogens with two attached hydrogens (primary N) is 2. The van der Waals surface area contributed by atoms with Gasteiger partial charge in [-0.25, -0.2) is 18.3 Å². The van der Waals surface area contributed by atoms with Crippen LogP contribution in [0.2, 0.25) is 0 Å². The summed E-state index contributed by atoms with van der Waals surface area (Å²) in [5, 5.41) is 19.1. The number of benzene rings is 1. The second kappa shape index (κ2) is 8.07. The minimum atomic E-state index is -2.86. The third kappa shape index (κ3) is 3.54. The maximum absolute atomic E-state index is 13.7. The molecular formula is C21H18F2N10O. The van der Waals surface area contributed by atoms with Gasteiger partial charge < -0.3 is 16.8 Å². The van der Waals surface area contributed by atoms with E-state index in [2.05, 4.69) is 30.5 Å². The van der Waals surface area contributed by atoms with Gasteiger partial charge in [-0.2, -0.15) is 20.3 Å². The van der Waals surface area contributed by atoms with Gasteiger partial charge in [0.1, 0.15) is 29.1 Å². The number of aromatic amines is 1. The molecule has 3 heterocycles. The summed E-state index contributed by atoms with van der Waals surface area (Å²) in [6.45, 7) is 0. The standard InChI is InChI=1S/C21H18F2N10O/c22-16(23)10-2-1-3-12-14(10)20(34)33(13-6-7-27-32-13)19(28-12)15(9-4-5-9)29-18-11(8-24)17(25)30-21(26)31-18/h1-3,6-7,9,15-16H,4-5H2,(H,27,32)(H5,25,26,29,30,31). The molecule has 4 aromatic rings. The highest BCUT2D eigenvalue weighted by atomic mass is 19.3. The summed E-state index contributed by atoms with van der Waals surface area (Å²) in [6, 6.07) is 7.02. The minimum absolute atomic E-state index is 0.00365. The zero-order valence-electron chi connectivity index (χ0n) is 17.5. The molecule has 1 saturated carbocycles. The number of fused-ring (bicyclic) bond motifs is 1. The predicted molar refractivity (Wildman–Crippen MR) is 119 cm³/mol. The average molecular weight is 464 g/mol. The monoisotopic (exact) mass is 464 g/mol. The van der Waals surface area contributed by atoms with E-state index in [-0.39, 0.29) is 51.6 Å². The van der Waals surface area contributed by atoms with Gasteiger partial charge in [-0.05, 0) is 24.8 Å². The maximum atomic E-state index is 13.7.